The molecule has 2 amide bonds. The fourth-order valence-corrected chi connectivity index (χ4v) is 7.20. The first-order chi connectivity index (χ1) is 20.0. The Kier molecular flexibility index (Phi) is 9.03. The molecule has 0 unspecified atom stereocenters. The fraction of sp³-hybridized carbons (Fsp3) is 0.429. The molecule has 0 aliphatic carbocycles. The first-order valence-electron chi connectivity index (χ1n) is 14.9. The van der Waals surface area contributed by atoms with E-state index in [9.17, 15) is 9.59 Å². The van der Waals surface area contributed by atoms with Crippen LogP contribution < -0.4 is 4.90 Å². The van der Waals surface area contributed by atoms with Gasteiger partial charge in [0.1, 0.15) is 0 Å². The second-order valence-electron chi connectivity index (χ2n) is 12.5. The van der Waals surface area contributed by atoms with Crippen LogP contribution in [0.4, 0.5) is 5.69 Å². The van der Waals surface area contributed by atoms with E-state index < -0.39 is 0 Å². The summed E-state index contributed by atoms with van der Waals surface area (Å²) in [4.78, 5) is 32.2. The van der Waals surface area contributed by atoms with Gasteiger partial charge >= 0.3 is 0 Å². The van der Waals surface area contributed by atoms with E-state index in [2.05, 4.69) is 36.1 Å². The minimum atomic E-state index is 0.0191. The van der Waals surface area contributed by atoms with Crippen molar-refractivity contribution in [3.63, 3.8) is 0 Å². The van der Waals surface area contributed by atoms with Crippen molar-refractivity contribution in [3.8, 4) is 0 Å². The number of benzene rings is 3. The Morgan fingerprint density at radius 1 is 0.905 bits per heavy atom. The van der Waals surface area contributed by atoms with Crippen LogP contribution in [0.2, 0.25) is 10.0 Å². The number of hydrogen-bond acceptors (Lipinski definition) is 3. The predicted molar refractivity (Wildman–Crippen MR) is 173 cm³/mol. The number of anilines is 1. The van der Waals surface area contributed by atoms with Crippen LogP contribution in [0.25, 0.3) is 0 Å². The molecule has 7 heteroatoms. The average Bonchev–Trinajstić information content (AvgIpc) is 3.25. The van der Waals surface area contributed by atoms with Gasteiger partial charge in [-0.05, 0) is 101 Å². The molecule has 0 N–H and O–H groups in total. The highest BCUT2D eigenvalue weighted by Crippen LogP contribution is 2.47. The number of rotatable bonds is 7. The van der Waals surface area contributed by atoms with E-state index in [1.807, 2.05) is 61.0 Å². The number of halogens is 2. The first-order valence-corrected chi connectivity index (χ1v) is 15.6. The van der Waals surface area contributed by atoms with Gasteiger partial charge in [0.2, 0.25) is 5.91 Å². The Bertz CT molecular complexity index is 1480. The standard InChI is InChI=1S/C35H41Cl2N3O2/c1-23-6-9-33-30(19-23)35(22-40(33)26(4)41)11-14-39(15-12-35)13-10-28(27-7-8-31(36)32(37)20-27)21-38(5)34(42)29-17-24(2)16-25(3)18-29/h6-9,16-20,28H,10-15,21-22H2,1-5H3/t28-/m1/s1. The Morgan fingerprint density at radius 3 is 2.24 bits per heavy atom. The predicted octanol–water partition coefficient (Wildman–Crippen LogP) is 7.56. The molecule has 0 aromatic heterocycles. The minimum Gasteiger partial charge on any atom is -0.341 e. The number of amides is 2. The normalized spacial score (nSPS) is 16.9. The largest absolute Gasteiger partial charge is 0.341 e. The van der Waals surface area contributed by atoms with E-state index in [-0.39, 0.29) is 23.1 Å². The summed E-state index contributed by atoms with van der Waals surface area (Å²) in [6, 6.07) is 18.3. The fourth-order valence-electron chi connectivity index (χ4n) is 6.90. The van der Waals surface area contributed by atoms with Crippen molar-refractivity contribution < 1.29 is 9.59 Å². The van der Waals surface area contributed by atoms with E-state index >= 15 is 0 Å². The third kappa shape index (κ3) is 6.39. The van der Waals surface area contributed by atoms with Crippen LogP contribution in [0.15, 0.2) is 54.6 Å². The van der Waals surface area contributed by atoms with Crippen LogP contribution >= 0.6 is 23.2 Å². The highest BCUT2D eigenvalue weighted by Gasteiger charge is 2.45. The van der Waals surface area contributed by atoms with Crippen LogP contribution in [-0.4, -0.2) is 61.4 Å². The van der Waals surface area contributed by atoms with E-state index in [0.29, 0.717) is 16.6 Å². The number of carbonyl (C=O) groups excluding carboxylic acids is 2. The molecule has 5 rings (SSSR count). The molecule has 0 saturated carbocycles. The van der Waals surface area contributed by atoms with Gasteiger partial charge in [-0.15, -0.1) is 0 Å². The maximum absolute atomic E-state index is 13.4. The Hall–Kier alpha value is -2.86. The van der Waals surface area contributed by atoms with Gasteiger partial charge in [-0.3, -0.25) is 9.59 Å². The Labute approximate surface area is 260 Å². The van der Waals surface area contributed by atoms with Gasteiger partial charge in [0.15, 0.2) is 0 Å². The van der Waals surface area contributed by atoms with Crippen LogP contribution in [0.1, 0.15) is 70.3 Å². The van der Waals surface area contributed by atoms with Crippen molar-refractivity contribution in [1.29, 1.82) is 0 Å². The first kappa shape index (κ1) is 30.6. The minimum absolute atomic E-state index is 0.0191. The molecule has 5 nitrogen and oxygen atoms in total. The molecule has 3 aromatic carbocycles. The number of likely N-dealkylation sites (N-methyl/N-ethyl adjacent to an activating group) is 1. The molecule has 222 valence electrons. The van der Waals surface area contributed by atoms with Gasteiger partial charge in [0, 0.05) is 49.6 Å². The highest BCUT2D eigenvalue weighted by molar-refractivity contribution is 6.42. The van der Waals surface area contributed by atoms with Crippen LogP contribution in [0.3, 0.4) is 0 Å². The number of fused-ring (bicyclic) bond motifs is 2. The molecule has 2 aliphatic heterocycles. The van der Waals surface area contributed by atoms with Crippen molar-refractivity contribution in [3.05, 3.63) is 98.0 Å². The van der Waals surface area contributed by atoms with Crippen molar-refractivity contribution in [2.24, 2.45) is 0 Å². The van der Waals surface area contributed by atoms with Crippen molar-refractivity contribution in [2.45, 2.75) is 58.3 Å². The highest BCUT2D eigenvalue weighted by atomic mass is 35.5. The van der Waals surface area contributed by atoms with Gasteiger partial charge in [0.25, 0.3) is 5.91 Å². The van der Waals surface area contributed by atoms with Crippen LogP contribution in [0.5, 0.6) is 0 Å². The molecular weight excluding hydrogens is 565 g/mol. The van der Waals surface area contributed by atoms with Gasteiger partial charge < -0.3 is 14.7 Å². The molecule has 1 atom stereocenters. The summed E-state index contributed by atoms with van der Waals surface area (Å²) in [7, 11) is 1.88. The third-order valence-corrected chi connectivity index (χ3v) is 9.93. The zero-order valence-corrected chi connectivity index (χ0v) is 26.9. The van der Waals surface area contributed by atoms with E-state index in [0.717, 1.165) is 73.4 Å². The number of aryl methyl sites for hydroxylation is 3. The molecule has 3 aromatic rings. The van der Waals surface area contributed by atoms with Crippen LogP contribution in [-0.2, 0) is 10.2 Å². The maximum Gasteiger partial charge on any atom is 0.253 e. The Morgan fingerprint density at radius 2 is 1.60 bits per heavy atom. The molecular formula is C35H41Cl2N3O2. The topological polar surface area (TPSA) is 43.9 Å². The zero-order chi connectivity index (χ0) is 30.2. The molecule has 2 heterocycles. The number of hydrogen-bond donors (Lipinski definition) is 0. The molecule has 0 radical (unpaired) electrons. The summed E-state index contributed by atoms with van der Waals surface area (Å²) >= 11 is 12.7. The van der Waals surface area contributed by atoms with Crippen molar-refractivity contribution in [1.82, 2.24) is 9.80 Å². The Balaban J connectivity index is 1.29. The van der Waals surface area contributed by atoms with Gasteiger partial charge in [-0.1, -0.05) is 64.2 Å². The number of piperidine rings is 1. The second kappa shape index (κ2) is 12.4. The van der Waals surface area contributed by atoms with E-state index in [4.69, 9.17) is 23.2 Å². The van der Waals surface area contributed by atoms with Gasteiger partial charge in [-0.2, -0.15) is 0 Å². The second-order valence-corrected chi connectivity index (χ2v) is 13.3. The lowest BCUT2D eigenvalue weighted by molar-refractivity contribution is -0.116. The molecule has 42 heavy (non-hydrogen) atoms. The summed E-state index contributed by atoms with van der Waals surface area (Å²) in [5.41, 5.74) is 7.65. The molecule has 1 spiro atoms. The molecule has 2 aliphatic rings. The summed E-state index contributed by atoms with van der Waals surface area (Å²) < 4.78 is 0. The summed E-state index contributed by atoms with van der Waals surface area (Å²) in [5.74, 6) is 0.249. The van der Waals surface area contributed by atoms with Gasteiger partial charge in [0.05, 0.1) is 10.0 Å². The van der Waals surface area contributed by atoms with E-state index in [1.54, 1.807) is 6.92 Å². The number of likely N-dealkylation sites (tertiary alicyclic amines) is 1. The average molecular weight is 607 g/mol. The lowest BCUT2D eigenvalue weighted by Gasteiger charge is -2.40. The lowest BCUT2D eigenvalue weighted by Crippen LogP contribution is -2.46. The molecule has 1 fully saturated rings. The lowest BCUT2D eigenvalue weighted by atomic mass is 9.74. The summed E-state index contributed by atoms with van der Waals surface area (Å²) in [6.45, 7) is 12.1. The third-order valence-electron chi connectivity index (χ3n) is 9.19. The number of carbonyl (C=O) groups is 2. The zero-order valence-electron chi connectivity index (χ0n) is 25.3. The van der Waals surface area contributed by atoms with Gasteiger partial charge in [-0.25, -0.2) is 0 Å². The maximum atomic E-state index is 13.4. The number of nitrogens with zero attached hydrogens (tertiary/aromatic N) is 3. The molecule has 1 saturated heterocycles. The summed E-state index contributed by atoms with van der Waals surface area (Å²) in [6.07, 6.45) is 2.94. The van der Waals surface area contributed by atoms with Crippen molar-refractivity contribution >= 4 is 40.7 Å². The smallest absolute Gasteiger partial charge is 0.253 e. The van der Waals surface area contributed by atoms with Crippen molar-refractivity contribution in [2.75, 3.05) is 44.7 Å². The van der Waals surface area contributed by atoms with E-state index in [1.165, 1.54) is 11.1 Å². The summed E-state index contributed by atoms with van der Waals surface area (Å²) in [5, 5.41) is 1.07. The SMILES string of the molecule is CC(=O)N1CC2(CCN(CC[C@H](CN(C)C(=O)c3cc(C)cc(C)c3)c3ccc(Cl)c(Cl)c3)CC2)c2cc(C)ccc21. The van der Waals surface area contributed by atoms with Crippen LogP contribution in [0, 0.1) is 20.8 Å². The molecule has 0 bridgehead atoms. The quantitative estimate of drug-likeness (QED) is 0.279. The monoisotopic (exact) mass is 605 g/mol.